The number of piperidine rings is 1. The topological polar surface area (TPSA) is 100 Å². The summed E-state index contributed by atoms with van der Waals surface area (Å²) in [5.41, 5.74) is -0.356. The highest BCUT2D eigenvalue weighted by molar-refractivity contribution is 7.88. The number of nitrogens with zero attached hydrogens (tertiary/aromatic N) is 2. The summed E-state index contributed by atoms with van der Waals surface area (Å²) in [7, 11) is -3.19. The summed E-state index contributed by atoms with van der Waals surface area (Å²) in [6.07, 6.45) is -0.488. The molecule has 2 saturated heterocycles. The van der Waals surface area contributed by atoms with Gasteiger partial charge >= 0.3 is 12.1 Å². The summed E-state index contributed by atoms with van der Waals surface area (Å²) in [6, 6.07) is 3.86. The van der Waals surface area contributed by atoms with Gasteiger partial charge in [-0.1, -0.05) is 0 Å². The molecule has 160 valence electrons. The molecule has 2 aliphatic rings. The number of carboxylic acids is 1. The second kappa shape index (κ2) is 8.80. The minimum atomic E-state index is -5.08. The minimum Gasteiger partial charge on any atom is -0.475 e. The Bertz CT molecular complexity index is 743. The molecular weight excluding hydrogens is 405 g/mol. The predicted octanol–water partition coefficient (Wildman–Crippen LogP) is 1.54. The van der Waals surface area contributed by atoms with Crippen molar-refractivity contribution in [1.82, 2.24) is 9.21 Å². The van der Waals surface area contributed by atoms with Crippen LogP contribution in [0.2, 0.25) is 0 Å². The summed E-state index contributed by atoms with van der Waals surface area (Å²) >= 11 is 0. The number of aliphatic carboxylic acids is 1. The lowest BCUT2D eigenvalue weighted by molar-refractivity contribution is -0.192. The monoisotopic (exact) mass is 428 g/mol. The molecule has 12 heteroatoms. The molecule has 1 aromatic rings. The molecule has 0 radical (unpaired) electrons. The Kier molecular flexibility index (Phi) is 7.12. The van der Waals surface area contributed by atoms with Crippen molar-refractivity contribution in [2.75, 3.05) is 39.1 Å². The van der Waals surface area contributed by atoms with Crippen molar-refractivity contribution in [2.24, 2.45) is 0 Å². The van der Waals surface area contributed by atoms with Crippen LogP contribution in [0.15, 0.2) is 22.8 Å². The summed E-state index contributed by atoms with van der Waals surface area (Å²) in [4.78, 5) is 11.2. The van der Waals surface area contributed by atoms with Gasteiger partial charge in [-0.15, -0.1) is 0 Å². The summed E-state index contributed by atoms with van der Waals surface area (Å²) < 4.78 is 68.4. The standard InChI is InChI=1S/C14H22N2O4S.C2HF3O2/c1-21(17,18)16-8-10-19-12-14(16)4-6-15(7-5-14)11-13-3-2-9-20-13;3-2(4,5)1(6)7/h2-3,9H,4-8,10-12H2,1H3;(H,6,7). The Labute approximate surface area is 160 Å². The third-order valence-corrected chi connectivity index (χ3v) is 6.10. The van der Waals surface area contributed by atoms with Gasteiger partial charge < -0.3 is 14.3 Å². The number of carboxylic acid groups (broad SMARTS) is 1. The number of rotatable bonds is 3. The predicted molar refractivity (Wildman–Crippen MR) is 92.0 cm³/mol. The lowest BCUT2D eigenvalue weighted by atomic mass is 9.87. The van der Waals surface area contributed by atoms with E-state index in [-0.39, 0.29) is 5.54 Å². The maximum Gasteiger partial charge on any atom is 0.490 e. The molecule has 0 bridgehead atoms. The fraction of sp³-hybridized carbons (Fsp3) is 0.688. The second-order valence-corrected chi connectivity index (χ2v) is 8.68. The number of halogens is 3. The van der Waals surface area contributed by atoms with E-state index in [0.717, 1.165) is 38.2 Å². The molecule has 0 saturated carbocycles. The number of hydrogen-bond acceptors (Lipinski definition) is 6. The molecule has 1 spiro atoms. The zero-order chi connectivity index (χ0) is 21.0. The molecule has 3 rings (SSSR count). The van der Waals surface area contributed by atoms with Gasteiger partial charge in [-0.25, -0.2) is 13.2 Å². The van der Waals surface area contributed by atoms with E-state index < -0.39 is 22.2 Å². The van der Waals surface area contributed by atoms with Crippen molar-refractivity contribution >= 4 is 16.0 Å². The maximum atomic E-state index is 12.0. The van der Waals surface area contributed by atoms with Crippen LogP contribution in [0.3, 0.4) is 0 Å². The first-order valence-corrected chi connectivity index (χ1v) is 10.4. The fourth-order valence-corrected chi connectivity index (χ4v) is 4.73. The van der Waals surface area contributed by atoms with Crippen LogP contribution < -0.4 is 0 Å². The molecule has 1 N–H and O–H groups in total. The average Bonchev–Trinajstić information content (AvgIpc) is 3.09. The first kappa shape index (κ1) is 22.7. The van der Waals surface area contributed by atoms with Gasteiger partial charge in [-0.05, 0) is 25.0 Å². The number of likely N-dealkylation sites (tertiary alicyclic amines) is 1. The Hall–Kier alpha value is -1.63. The molecule has 8 nitrogen and oxygen atoms in total. The summed E-state index contributed by atoms with van der Waals surface area (Å²) in [5.74, 6) is -1.81. The van der Waals surface area contributed by atoms with E-state index in [1.54, 1.807) is 10.6 Å². The number of furan rings is 1. The van der Waals surface area contributed by atoms with Gasteiger partial charge in [0, 0.05) is 19.6 Å². The third kappa shape index (κ3) is 5.93. The normalized spacial score (nSPS) is 21.1. The van der Waals surface area contributed by atoms with Gasteiger partial charge in [0.1, 0.15) is 5.76 Å². The Morgan fingerprint density at radius 3 is 2.36 bits per heavy atom. The zero-order valence-electron chi connectivity index (χ0n) is 15.3. The third-order valence-electron chi connectivity index (χ3n) is 4.73. The number of alkyl halides is 3. The van der Waals surface area contributed by atoms with E-state index in [1.165, 1.54) is 6.26 Å². The van der Waals surface area contributed by atoms with E-state index >= 15 is 0 Å². The minimum absolute atomic E-state index is 0.356. The van der Waals surface area contributed by atoms with Crippen LogP contribution in [0.5, 0.6) is 0 Å². The molecule has 3 heterocycles. The molecule has 1 aromatic heterocycles. The molecule has 0 aromatic carbocycles. The van der Waals surface area contributed by atoms with Crippen LogP contribution in [0, 0.1) is 0 Å². The molecule has 0 atom stereocenters. The van der Waals surface area contributed by atoms with Crippen molar-refractivity contribution in [3.8, 4) is 0 Å². The summed E-state index contributed by atoms with van der Waals surface area (Å²) in [5, 5.41) is 7.12. The van der Waals surface area contributed by atoms with Crippen molar-refractivity contribution in [3.05, 3.63) is 24.2 Å². The fourth-order valence-electron chi connectivity index (χ4n) is 3.38. The molecule has 0 unspecified atom stereocenters. The zero-order valence-corrected chi connectivity index (χ0v) is 16.1. The van der Waals surface area contributed by atoms with Crippen molar-refractivity contribution < 1.29 is 40.6 Å². The van der Waals surface area contributed by atoms with Gasteiger partial charge in [-0.2, -0.15) is 17.5 Å². The summed E-state index contributed by atoms with van der Waals surface area (Å²) in [6.45, 7) is 3.96. The van der Waals surface area contributed by atoms with Gasteiger partial charge in [0.2, 0.25) is 10.0 Å². The second-order valence-electron chi connectivity index (χ2n) is 6.77. The van der Waals surface area contributed by atoms with E-state index in [2.05, 4.69) is 4.90 Å². The lowest BCUT2D eigenvalue weighted by Crippen LogP contribution is -2.62. The molecule has 2 fully saturated rings. The highest BCUT2D eigenvalue weighted by Crippen LogP contribution is 2.34. The van der Waals surface area contributed by atoms with E-state index in [1.807, 2.05) is 12.1 Å². The van der Waals surface area contributed by atoms with E-state index in [0.29, 0.717) is 19.8 Å². The van der Waals surface area contributed by atoms with Crippen LogP contribution in [0.4, 0.5) is 13.2 Å². The first-order valence-electron chi connectivity index (χ1n) is 8.54. The average molecular weight is 428 g/mol. The molecule has 0 aliphatic carbocycles. The SMILES string of the molecule is CS(=O)(=O)N1CCOCC12CCN(Cc1ccco1)CC2.O=C(O)C(F)(F)F. The van der Waals surface area contributed by atoms with Crippen molar-refractivity contribution in [2.45, 2.75) is 31.1 Å². The van der Waals surface area contributed by atoms with Crippen LogP contribution in [0.25, 0.3) is 0 Å². The quantitative estimate of drug-likeness (QED) is 0.780. The number of hydrogen-bond donors (Lipinski definition) is 1. The molecule has 2 aliphatic heterocycles. The van der Waals surface area contributed by atoms with Gasteiger partial charge in [-0.3, -0.25) is 4.90 Å². The highest BCUT2D eigenvalue weighted by atomic mass is 32.2. The van der Waals surface area contributed by atoms with Crippen LogP contribution >= 0.6 is 0 Å². The number of sulfonamides is 1. The Balaban J connectivity index is 0.000000345. The van der Waals surface area contributed by atoms with Crippen molar-refractivity contribution in [3.63, 3.8) is 0 Å². The number of carbonyl (C=O) groups is 1. The van der Waals surface area contributed by atoms with Gasteiger partial charge in [0.15, 0.2) is 0 Å². The smallest absolute Gasteiger partial charge is 0.475 e. The van der Waals surface area contributed by atoms with E-state index in [4.69, 9.17) is 19.1 Å². The molecular formula is C16H23F3N2O6S. The Morgan fingerprint density at radius 1 is 1.29 bits per heavy atom. The number of morpholine rings is 1. The van der Waals surface area contributed by atoms with E-state index in [9.17, 15) is 21.6 Å². The first-order chi connectivity index (χ1) is 12.9. The van der Waals surface area contributed by atoms with Crippen LogP contribution in [-0.2, 0) is 26.1 Å². The number of ether oxygens (including phenoxy) is 1. The van der Waals surface area contributed by atoms with Gasteiger partial charge in [0.05, 0.1) is 37.8 Å². The van der Waals surface area contributed by atoms with Gasteiger partial charge in [0.25, 0.3) is 0 Å². The van der Waals surface area contributed by atoms with Crippen LogP contribution in [0.1, 0.15) is 18.6 Å². The highest BCUT2D eigenvalue weighted by Gasteiger charge is 2.46. The van der Waals surface area contributed by atoms with Crippen molar-refractivity contribution in [1.29, 1.82) is 0 Å². The van der Waals surface area contributed by atoms with Crippen LogP contribution in [-0.4, -0.2) is 79.5 Å². The largest absolute Gasteiger partial charge is 0.490 e. The lowest BCUT2D eigenvalue weighted by Gasteiger charge is -2.49. The maximum absolute atomic E-state index is 12.0. The molecule has 28 heavy (non-hydrogen) atoms. The Morgan fingerprint density at radius 2 is 1.89 bits per heavy atom. The molecule has 0 amide bonds.